The largest absolute Gasteiger partial charge is 0.507 e. The first-order valence-electron chi connectivity index (χ1n) is 7.42. The number of phenols is 3. The molecule has 148 valence electrons. The van der Waals surface area contributed by atoms with Gasteiger partial charge in [0.15, 0.2) is 11.3 Å². The lowest BCUT2D eigenvalue weighted by molar-refractivity contribution is -0.389. The highest BCUT2D eigenvalue weighted by Crippen LogP contribution is 2.50. The van der Waals surface area contributed by atoms with E-state index in [2.05, 4.69) is 10.1 Å². The molecule has 0 radical (unpaired) electrons. The van der Waals surface area contributed by atoms with Crippen molar-refractivity contribution in [3.8, 4) is 46.2 Å². The lowest BCUT2D eigenvalue weighted by atomic mass is 10.0. The van der Waals surface area contributed by atoms with Gasteiger partial charge >= 0.3 is 11.9 Å². The SMILES string of the molecule is N#Cc1ccc(-c2noc(-c3cc(O)c(O)c([N+](=O)[O-])c3C(F)(F)F)n2)cc1O. The minimum absolute atomic E-state index is 0.0718. The maximum Gasteiger partial charge on any atom is 0.423 e. The average molecular weight is 408 g/mol. The lowest BCUT2D eigenvalue weighted by Gasteiger charge is -2.12. The van der Waals surface area contributed by atoms with E-state index < -0.39 is 51.1 Å². The molecule has 2 aromatic carbocycles. The zero-order valence-electron chi connectivity index (χ0n) is 13.8. The van der Waals surface area contributed by atoms with Crippen LogP contribution in [0.1, 0.15) is 11.1 Å². The zero-order chi connectivity index (χ0) is 21.5. The molecule has 0 amide bonds. The topological polar surface area (TPSA) is 167 Å². The Morgan fingerprint density at radius 1 is 1.17 bits per heavy atom. The fourth-order valence-electron chi connectivity index (χ4n) is 2.49. The molecule has 0 saturated heterocycles. The molecule has 0 fully saturated rings. The first-order chi connectivity index (χ1) is 13.5. The van der Waals surface area contributed by atoms with Crippen LogP contribution in [0.25, 0.3) is 22.8 Å². The summed E-state index contributed by atoms with van der Waals surface area (Å²) < 4.78 is 45.2. The third kappa shape index (κ3) is 3.34. The van der Waals surface area contributed by atoms with Crippen LogP contribution in [0.4, 0.5) is 18.9 Å². The molecule has 0 unspecified atom stereocenters. The van der Waals surface area contributed by atoms with E-state index >= 15 is 0 Å². The van der Waals surface area contributed by atoms with Crippen molar-refractivity contribution in [2.75, 3.05) is 0 Å². The van der Waals surface area contributed by atoms with Gasteiger partial charge < -0.3 is 19.8 Å². The van der Waals surface area contributed by atoms with Crippen molar-refractivity contribution in [3.63, 3.8) is 0 Å². The van der Waals surface area contributed by atoms with Crippen LogP contribution in [0.2, 0.25) is 0 Å². The second kappa shape index (κ2) is 6.68. The van der Waals surface area contributed by atoms with Gasteiger partial charge in [-0.15, -0.1) is 0 Å². The molecule has 0 aliphatic rings. The number of aromatic nitrogens is 2. The van der Waals surface area contributed by atoms with Crippen LogP contribution in [-0.2, 0) is 6.18 Å². The van der Waals surface area contributed by atoms with Crippen LogP contribution < -0.4 is 0 Å². The number of nitrogens with zero attached hydrogens (tertiary/aromatic N) is 4. The summed E-state index contributed by atoms with van der Waals surface area (Å²) in [7, 11) is 0. The summed E-state index contributed by atoms with van der Waals surface area (Å²) in [6.45, 7) is 0. The summed E-state index contributed by atoms with van der Waals surface area (Å²) in [6, 6.07) is 5.66. The highest BCUT2D eigenvalue weighted by Gasteiger charge is 2.45. The zero-order valence-corrected chi connectivity index (χ0v) is 13.8. The summed E-state index contributed by atoms with van der Waals surface area (Å²) in [5.41, 5.74) is -4.70. The number of nitro benzene ring substituents is 1. The second-order valence-corrected chi connectivity index (χ2v) is 5.54. The van der Waals surface area contributed by atoms with Gasteiger partial charge in [0.25, 0.3) is 5.89 Å². The number of phenolic OH excluding ortho intramolecular Hbond substituents is 3. The Labute approximate surface area is 157 Å². The number of hydrogen-bond acceptors (Lipinski definition) is 9. The molecule has 0 aliphatic heterocycles. The monoisotopic (exact) mass is 408 g/mol. The number of hydrogen-bond donors (Lipinski definition) is 3. The molecular formula is C16H7F3N4O6. The molecule has 1 heterocycles. The van der Waals surface area contributed by atoms with Gasteiger partial charge in [0.2, 0.25) is 11.6 Å². The van der Waals surface area contributed by atoms with E-state index in [-0.39, 0.29) is 17.0 Å². The van der Waals surface area contributed by atoms with Crippen LogP contribution in [0.3, 0.4) is 0 Å². The van der Waals surface area contributed by atoms with E-state index in [0.29, 0.717) is 6.07 Å². The van der Waals surface area contributed by atoms with E-state index in [1.165, 1.54) is 12.1 Å². The molecule has 3 aromatic rings. The van der Waals surface area contributed by atoms with Crippen molar-refractivity contribution < 1.29 is 37.9 Å². The lowest BCUT2D eigenvalue weighted by Crippen LogP contribution is -2.11. The molecule has 29 heavy (non-hydrogen) atoms. The summed E-state index contributed by atoms with van der Waals surface area (Å²) >= 11 is 0. The summed E-state index contributed by atoms with van der Waals surface area (Å²) in [4.78, 5) is 13.3. The highest BCUT2D eigenvalue weighted by molar-refractivity contribution is 5.75. The third-order valence-electron chi connectivity index (χ3n) is 3.75. The smallest absolute Gasteiger partial charge is 0.423 e. The molecule has 13 heteroatoms. The predicted octanol–water partition coefficient (Wildman–Crippen LogP) is 3.32. The van der Waals surface area contributed by atoms with Gasteiger partial charge in [-0.25, -0.2) is 0 Å². The standard InChI is InChI=1S/C16H7F3N4O6/c17-16(18,19)11-8(4-10(25)13(26)12(11)23(27)28)15-21-14(22-29-15)6-1-2-7(5-20)9(24)3-6/h1-4,24-26H. The van der Waals surface area contributed by atoms with Crippen LogP contribution >= 0.6 is 0 Å². The molecule has 3 N–H and O–H groups in total. The fourth-order valence-corrected chi connectivity index (χ4v) is 2.49. The molecule has 0 bridgehead atoms. The van der Waals surface area contributed by atoms with E-state index in [1.807, 2.05) is 0 Å². The number of halogens is 3. The number of nitriles is 1. The first kappa shape index (κ1) is 19.4. The van der Waals surface area contributed by atoms with Gasteiger partial charge in [-0.05, 0) is 24.3 Å². The van der Waals surface area contributed by atoms with Crippen LogP contribution in [0.15, 0.2) is 28.8 Å². The number of benzene rings is 2. The minimum atomic E-state index is -5.32. The number of nitro groups is 1. The Kier molecular flexibility index (Phi) is 4.47. The Morgan fingerprint density at radius 3 is 2.41 bits per heavy atom. The van der Waals surface area contributed by atoms with Crippen LogP contribution in [0.5, 0.6) is 17.2 Å². The van der Waals surface area contributed by atoms with Crippen LogP contribution in [-0.4, -0.2) is 30.4 Å². The summed E-state index contributed by atoms with van der Waals surface area (Å²) in [5, 5.41) is 52.2. The van der Waals surface area contributed by atoms with Gasteiger partial charge in [-0.2, -0.15) is 23.4 Å². The minimum Gasteiger partial charge on any atom is -0.507 e. The molecule has 10 nitrogen and oxygen atoms in total. The van der Waals surface area contributed by atoms with E-state index in [1.54, 1.807) is 6.07 Å². The molecule has 0 atom stereocenters. The molecule has 0 aliphatic carbocycles. The third-order valence-corrected chi connectivity index (χ3v) is 3.75. The van der Waals surface area contributed by atoms with Crippen molar-refractivity contribution in [1.82, 2.24) is 10.1 Å². The Balaban J connectivity index is 2.22. The van der Waals surface area contributed by atoms with Crippen molar-refractivity contribution in [3.05, 3.63) is 45.5 Å². The van der Waals surface area contributed by atoms with Crippen molar-refractivity contribution >= 4 is 5.69 Å². The van der Waals surface area contributed by atoms with Gasteiger partial charge in [0, 0.05) is 5.56 Å². The Hall–Kier alpha value is -4.34. The van der Waals surface area contributed by atoms with Gasteiger partial charge in [0.1, 0.15) is 11.8 Å². The molecule has 0 spiro atoms. The summed E-state index contributed by atoms with van der Waals surface area (Å²) in [5.74, 6) is -4.35. The van der Waals surface area contributed by atoms with E-state index in [0.717, 1.165) is 6.07 Å². The number of aromatic hydroxyl groups is 3. The predicted molar refractivity (Wildman–Crippen MR) is 86.5 cm³/mol. The van der Waals surface area contributed by atoms with Crippen LogP contribution in [0, 0.1) is 21.4 Å². The van der Waals surface area contributed by atoms with Gasteiger partial charge in [0.05, 0.1) is 16.1 Å². The average Bonchev–Trinajstić information content (AvgIpc) is 3.12. The number of rotatable bonds is 3. The highest BCUT2D eigenvalue weighted by atomic mass is 19.4. The normalized spacial score (nSPS) is 11.2. The second-order valence-electron chi connectivity index (χ2n) is 5.54. The van der Waals surface area contributed by atoms with Gasteiger partial charge in [-0.3, -0.25) is 10.1 Å². The molecule has 0 saturated carbocycles. The first-order valence-corrected chi connectivity index (χ1v) is 7.42. The fraction of sp³-hybridized carbons (Fsp3) is 0.0625. The van der Waals surface area contributed by atoms with Crippen molar-refractivity contribution in [1.29, 1.82) is 5.26 Å². The maximum atomic E-state index is 13.5. The molecule has 3 rings (SSSR count). The van der Waals surface area contributed by atoms with Crippen molar-refractivity contribution in [2.24, 2.45) is 0 Å². The molecular weight excluding hydrogens is 401 g/mol. The summed E-state index contributed by atoms with van der Waals surface area (Å²) in [6.07, 6.45) is -5.32. The van der Waals surface area contributed by atoms with E-state index in [4.69, 9.17) is 9.78 Å². The maximum absolute atomic E-state index is 13.5. The molecule has 1 aromatic heterocycles. The van der Waals surface area contributed by atoms with E-state index in [9.17, 15) is 38.6 Å². The Morgan fingerprint density at radius 2 is 1.86 bits per heavy atom. The van der Waals surface area contributed by atoms with Gasteiger partial charge in [-0.1, -0.05) is 5.16 Å². The van der Waals surface area contributed by atoms with Crippen molar-refractivity contribution in [2.45, 2.75) is 6.18 Å². The number of alkyl halides is 3. The quantitative estimate of drug-likeness (QED) is 0.334. The Bertz CT molecular complexity index is 1180.